The molecule has 3 heterocycles. The number of pyridine rings is 1. The average molecular weight is 413 g/mol. The van der Waals surface area contributed by atoms with E-state index < -0.39 is 11.9 Å². The molecule has 0 bridgehead atoms. The van der Waals surface area contributed by atoms with Crippen LogP contribution in [0.5, 0.6) is 0 Å². The van der Waals surface area contributed by atoms with Gasteiger partial charge >= 0.3 is 6.18 Å². The summed E-state index contributed by atoms with van der Waals surface area (Å²) in [7, 11) is 0. The maximum atomic E-state index is 13.4. The Balaban J connectivity index is 1.52. The van der Waals surface area contributed by atoms with Crippen molar-refractivity contribution in [2.45, 2.75) is 32.0 Å². The lowest BCUT2D eigenvalue weighted by atomic mass is 10.0. The Labute approximate surface area is 173 Å². The highest BCUT2D eigenvalue weighted by molar-refractivity contribution is 5.57. The maximum absolute atomic E-state index is 13.4. The molecule has 1 saturated heterocycles. The molecule has 0 saturated carbocycles. The molecular weight excluding hydrogens is 391 g/mol. The molecule has 0 atom stereocenters. The SMILES string of the molecule is Cc1cccc(NC2CCN(c3cc(C(F)(F)F)nc(-c4cccnc4)n3)CC2)c1. The number of hydrogen-bond acceptors (Lipinski definition) is 5. The van der Waals surface area contributed by atoms with E-state index in [0.29, 0.717) is 24.5 Å². The van der Waals surface area contributed by atoms with Gasteiger partial charge in [0.15, 0.2) is 11.5 Å². The second kappa shape index (κ2) is 8.30. The first-order valence-corrected chi connectivity index (χ1v) is 9.83. The van der Waals surface area contributed by atoms with Crippen molar-refractivity contribution >= 4 is 11.5 Å². The molecule has 1 aromatic carbocycles. The molecule has 2 aromatic heterocycles. The standard InChI is InChI=1S/C22H22F3N5/c1-15-4-2-6-18(12-15)27-17-7-10-30(11-8-17)20-13-19(22(23,24)25)28-21(29-20)16-5-3-9-26-14-16/h2-6,9,12-14,17,27H,7-8,10-11H2,1H3. The zero-order valence-electron chi connectivity index (χ0n) is 16.5. The number of anilines is 2. The number of aryl methyl sites for hydroxylation is 1. The molecule has 30 heavy (non-hydrogen) atoms. The van der Waals surface area contributed by atoms with E-state index in [1.165, 1.54) is 11.8 Å². The number of benzene rings is 1. The van der Waals surface area contributed by atoms with E-state index in [9.17, 15) is 13.2 Å². The Morgan fingerprint density at radius 2 is 1.83 bits per heavy atom. The van der Waals surface area contributed by atoms with Gasteiger partial charge in [-0.25, -0.2) is 9.97 Å². The zero-order chi connectivity index (χ0) is 21.1. The fourth-order valence-corrected chi connectivity index (χ4v) is 3.59. The van der Waals surface area contributed by atoms with Gasteiger partial charge in [-0.15, -0.1) is 0 Å². The van der Waals surface area contributed by atoms with Crippen LogP contribution in [0.2, 0.25) is 0 Å². The molecule has 3 aromatic rings. The Hall–Kier alpha value is -3.16. The summed E-state index contributed by atoms with van der Waals surface area (Å²) >= 11 is 0. The topological polar surface area (TPSA) is 53.9 Å². The van der Waals surface area contributed by atoms with Gasteiger partial charge in [-0.1, -0.05) is 12.1 Å². The van der Waals surface area contributed by atoms with Crippen LogP contribution in [-0.4, -0.2) is 34.1 Å². The second-order valence-electron chi connectivity index (χ2n) is 7.45. The van der Waals surface area contributed by atoms with Gasteiger partial charge in [-0.05, 0) is 49.6 Å². The molecule has 1 fully saturated rings. The van der Waals surface area contributed by atoms with E-state index in [2.05, 4.69) is 26.3 Å². The monoisotopic (exact) mass is 413 g/mol. The Bertz CT molecular complexity index is 999. The third-order valence-electron chi connectivity index (χ3n) is 5.13. The van der Waals surface area contributed by atoms with E-state index in [0.717, 1.165) is 24.6 Å². The van der Waals surface area contributed by atoms with Gasteiger partial charge in [-0.2, -0.15) is 13.2 Å². The van der Waals surface area contributed by atoms with Crippen molar-refractivity contribution in [3.05, 3.63) is 66.1 Å². The molecule has 0 unspecified atom stereocenters. The van der Waals surface area contributed by atoms with Crippen molar-refractivity contribution in [1.29, 1.82) is 0 Å². The second-order valence-corrected chi connectivity index (χ2v) is 7.45. The number of halogens is 3. The summed E-state index contributed by atoms with van der Waals surface area (Å²) in [5.74, 6) is 0.332. The predicted molar refractivity (Wildman–Crippen MR) is 110 cm³/mol. The van der Waals surface area contributed by atoms with Crippen LogP contribution in [0, 0.1) is 6.92 Å². The number of hydrogen-bond donors (Lipinski definition) is 1. The number of piperidine rings is 1. The van der Waals surface area contributed by atoms with Crippen LogP contribution in [0.15, 0.2) is 54.9 Å². The van der Waals surface area contributed by atoms with Crippen molar-refractivity contribution in [3.63, 3.8) is 0 Å². The van der Waals surface area contributed by atoms with Gasteiger partial charge in [0.05, 0.1) is 0 Å². The summed E-state index contributed by atoms with van der Waals surface area (Å²) in [6.45, 7) is 3.27. The summed E-state index contributed by atoms with van der Waals surface area (Å²) < 4.78 is 40.3. The van der Waals surface area contributed by atoms with E-state index in [1.54, 1.807) is 18.3 Å². The zero-order valence-corrected chi connectivity index (χ0v) is 16.5. The highest BCUT2D eigenvalue weighted by Gasteiger charge is 2.34. The van der Waals surface area contributed by atoms with Gasteiger partial charge < -0.3 is 10.2 Å². The molecule has 1 N–H and O–H groups in total. The first kappa shape index (κ1) is 20.1. The van der Waals surface area contributed by atoms with Gasteiger partial charge in [0.2, 0.25) is 0 Å². The van der Waals surface area contributed by atoms with Gasteiger partial charge in [0, 0.05) is 48.8 Å². The van der Waals surface area contributed by atoms with Gasteiger partial charge in [0.1, 0.15) is 5.82 Å². The molecule has 0 radical (unpaired) electrons. The van der Waals surface area contributed by atoms with Crippen LogP contribution in [0.3, 0.4) is 0 Å². The largest absolute Gasteiger partial charge is 0.433 e. The number of nitrogens with one attached hydrogen (secondary N) is 1. The molecule has 1 aliphatic rings. The molecular formula is C22H22F3N5. The van der Waals surface area contributed by atoms with E-state index in [1.807, 2.05) is 30.0 Å². The smallest absolute Gasteiger partial charge is 0.382 e. The van der Waals surface area contributed by atoms with E-state index in [4.69, 9.17) is 0 Å². The molecule has 4 rings (SSSR count). The predicted octanol–water partition coefficient (Wildman–Crippen LogP) is 4.95. The highest BCUT2D eigenvalue weighted by Crippen LogP contribution is 2.32. The summed E-state index contributed by atoms with van der Waals surface area (Å²) in [6.07, 6.45) is 0.101. The van der Waals surface area contributed by atoms with Gasteiger partial charge in [-0.3, -0.25) is 4.98 Å². The molecule has 0 spiro atoms. The van der Waals surface area contributed by atoms with Crippen molar-refractivity contribution in [2.75, 3.05) is 23.3 Å². The first-order valence-electron chi connectivity index (χ1n) is 9.83. The van der Waals surface area contributed by atoms with Crippen molar-refractivity contribution in [3.8, 4) is 11.4 Å². The lowest BCUT2D eigenvalue weighted by Gasteiger charge is -2.34. The fourth-order valence-electron chi connectivity index (χ4n) is 3.59. The quantitative estimate of drug-likeness (QED) is 0.656. The molecule has 0 aliphatic carbocycles. The van der Waals surface area contributed by atoms with Gasteiger partial charge in [0.25, 0.3) is 0 Å². The molecule has 0 amide bonds. The number of aromatic nitrogens is 3. The lowest BCUT2D eigenvalue weighted by Crippen LogP contribution is -2.39. The third-order valence-corrected chi connectivity index (χ3v) is 5.13. The maximum Gasteiger partial charge on any atom is 0.433 e. The third kappa shape index (κ3) is 4.69. The van der Waals surface area contributed by atoms with Crippen LogP contribution < -0.4 is 10.2 Å². The summed E-state index contributed by atoms with van der Waals surface area (Å²) in [4.78, 5) is 14.0. The first-order chi connectivity index (χ1) is 14.4. The van der Waals surface area contributed by atoms with Crippen LogP contribution in [-0.2, 0) is 6.18 Å². The highest BCUT2D eigenvalue weighted by atomic mass is 19.4. The van der Waals surface area contributed by atoms with E-state index >= 15 is 0 Å². The van der Waals surface area contributed by atoms with Crippen LogP contribution in [0.25, 0.3) is 11.4 Å². The Morgan fingerprint density at radius 1 is 1.03 bits per heavy atom. The minimum Gasteiger partial charge on any atom is -0.382 e. The van der Waals surface area contributed by atoms with Crippen molar-refractivity contribution in [2.24, 2.45) is 0 Å². The number of rotatable bonds is 4. The van der Waals surface area contributed by atoms with Crippen LogP contribution >= 0.6 is 0 Å². The van der Waals surface area contributed by atoms with E-state index in [-0.39, 0.29) is 11.9 Å². The normalized spacial score (nSPS) is 15.3. The summed E-state index contributed by atoms with van der Waals surface area (Å²) in [5, 5.41) is 3.52. The van der Waals surface area contributed by atoms with Crippen molar-refractivity contribution < 1.29 is 13.2 Å². The Kier molecular flexibility index (Phi) is 5.57. The molecule has 5 nitrogen and oxygen atoms in total. The molecule has 156 valence electrons. The molecule has 1 aliphatic heterocycles. The average Bonchev–Trinajstić information content (AvgIpc) is 2.74. The molecule has 8 heteroatoms. The summed E-state index contributed by atoms with van der Waals surface area (Å²) in [6, 6.07) is 12.8. The minimum absolute atomic E-state index is 0.0351. The fraction of sp³-hybridized carbons (Fsp3) is 0.318. The van der Waals surface area contributed by atoms with Crippen LogP contribution in [0.1, 0.15) is 24.1 Å². The minimum atomic E-state index is -4.54. The Morgan fingerprint density at radius 3 is 2.50 bits per heavy atom. The lowest BCUT2D eigenvalue weighted by molar-refractivity contribution is -0.141. The summed E-state index contributed by atoms with van der Waals surface area (Å²) in [5.41, 5.74) is 1.77. The van der Waals surface area contributed by atoms with Crippen LogP contribution in [0.4, 0.5) is 24.7 Å². The van der Waals surface area contributed by atoms with Crippen molar-refractivity contribution in [1.82, 2.24) is 15.0 Å². The number of alkyl halides is 3. The number of nitrogens with zero attached hydrogens (tertiary/aromatic N) is 4.